The van der Waals surface area contributed by atoms with E-state index < -0.39 is 0 Å². The zero-order valence-corrected chi connectivity index (χ0v) is 10.6. The van der Waals surface area contributed by atoms with E-state index in [1.807, 2.05) is 18.2 Å². The highest BCUT2D eigenvalue weighted by molar-refractivity contribution is 6.30. The van der Waals surface area contributed by atoms with Crippen LogP contribution in [0.2, 0.25) is 5.02 Å². The minimum Gasteiger partial charge on any atom is -0.321 e. The summed E-state index contributed by atoms with van der Waals surface area (Å²) in [5.41, 5.74) is 7.47. The third-order valence-electron chi connectivity index (χ3n) is 3.90. The van der Waals surface area contributed by atoms with E-state index in [9.17, 15) is 0 Å². The molecule has 1 fully saturated rings. The van der Waals surface area contributed by atoms with Gasteiger partial charge in [-0.25, -0.2) is 0 Å². The molecule has 1 nitrogen and oxygen atoms in total. The summed E-state index contributed by atoms with van der Waals surface area (Å²) in [6, 6.07) is 8.00. The van der Waals surface area contributed by atoms with Gasteiger partial charge >= 0.3 is 0 Å². The molecule has 0 saturated heterocycles. The molecule has 1 aliphatic rings. The van der Waals surface area contributed by atoms with Crippen LogP contribution in [-0.4, -0.2) is 0 Å². The Morgan fingerprint density at radius 3 is 2.56 bits per heavy atom. The molecule has 0 aliphatic heterocycles. The van der Waals surface area contributed by atoms with Crippen molar-refractivity contribution in [1.82, 2.24) is 0 Å². The molecule has 2 heteroatoms. The van der Waals surface area contributed by atoms with E-state index in [1.54, 1.807) is 0 Å². The molecule has 1 saturated carbocycles. The molecule has 1 aliphatic carbocycles. The summed E-state index contributed by atoms with van der Waals surface area (Å²) >= 11 is 6.03. The predicted molar refractivity (Wildman–Crippen MR) is 69.6 cm³/mol. The first-order valence-corrected chi connectivity index (χ1v) is 6.53. The van der Waals surface area contributed by atoms with E-state index in [0.717, 1.165) is 5.02 Å². The van der Waals surface area contributed by atoms with Gasteiger partial charge < -0.3 is 5.73 Å². The number of benzene rings is 1. The van der Waals surface area contributed by atoms with Crippen molar-refractivity contribution < 1.29 is 0 Å². The maximum absolute atomic E-state index is 6.52. The van der Waals surface area contributed by atoms with Crippen LogP contribution >= 0.6 is 11.6 Å². The van der Waals surface area contributed by atoms with Crippen LogP contribution in [0.3, 0.4) is 0 Å². The van der Waals surface area contributed by atoms with E-state index in [4.69, 9.17) is 17.3 Å². The lowest BCUT2D eigenvalue weighted by Gasteiger charge is -2.37. The molecule has 2 N–H and O–H groups in total. The van der Waals surface area contributed by atoms with Crippen molar-refractivity contribution in [3.05, 3.63) is 34.9 Å². The summed E-state index contributed by atoms with van der Waals surface area (Å²) in [6.07, 6.45) is 6.50. The Morgan fingerprint density at radius 2 is 1.94 bits per heavy atom. The minimum atomic E-state index is -0.231. The second-order valence-corrected chi connectivity index (χ2v) is 5.56. The van der Waals surface area contributed by atoms with Crippen LogP contribution < -0.4 is 5.73 Å². The average Bonchev–Trinajstić information content (AvgIpc) is 2.30. The Labute approximate surface area is 103 Å². The van der Waals surface area contributed by atoms with Crippen LogP contribution in [0.1, 0.15) is 44.6 Å². The van der Waals surface area contributed by atoms with Gasteiger partial charge in [0.05, 0.1) is 0 Å². The van der Waals surface area contributed by atoms with Gasteiger partial charge in [-0.2, -0.15) is 0 Å². The summed E-state index contributed by atoms with van der Waals surface area (Å²) in [6.45, 7) is 2.15. The molecular formula is C14H20ClN. The first-order chi connectivity index (χ1) is 7.60. The molecule has 2 rings (SSSR count). The number of hydrogen-bond donors (Lipinski definition) is 1. The molecule has 1 atom stereocenters. The first-order valence-electron chi connectivity index (χ1n) is 6.15. The van der Waals surface area contributed by atoms with Gasteiger partial charge in [-0.3, -0.25) is 0 Å². The molecular weight excluding hydrogens is 218 g/mol. The molecule has 0 spiro atoms. The van der Waals surface area contributed by atoms with E-state index >= 15 is 0 Å². The number of rotatable bonds is 2. The topological polar surface area (TPSA) is 26.0 Å². The second kappa shape index (κ2) is 4.77. The van der Waals surface area contributed by atoms with Crippen molar-refractivity contribution in [3.63, 3.8) is 0 Å². The highest BCUT2D eigenvalue weighted by Crippen LogP contribution is 2.37. The third kappa shape index (κ3) is 2.41. The highest BCUT2D eigenvalue weighted by Gasteiger charge is 2.32. The summed E-state index contributed by atoms with van der Waals surface area (Å²) in [7, 11) is 0. The number of hydrogen-bond acceptors (Lipinski definition) is 1. The fourth-order valence-electron chi connectivity index (χ4n) is 2.76. The molecule has 0 amide bonds. The maximum atomic E-state index is 6.52. The average molecular weight is 238 g/mol. The Kier molecular flexibility index (Phi) is 3.56. The Balaban J connectivity index is 2.22. The zero-order valence-electron chi connectivity index (χ0n) is 9.88. The lowest BCUT2D eigenvalue weighted by Crippen LogP contribution is -2.42. The van der Waals surface area contributed by atoms with Crippen LogP contribution in [0.4, 0.5) is 0 Å². The minimum absolute atomic E-state index is 0.231. The van der Waals surface area contributed by atoms with Gasteiger partial charge in [0, 0.05) is 10.6 Å². The SMILES string of the molecule is CC(N)(c1cccc(Cl)c1)C1CCCCC1. The maximum Gasteiger partial charge on any atom is 0.0410 e. The molecule has 1 aromatic rings. The molecule has 0 heterocycles. The molecule has 0 radical (unpaired) electrons. The van der Waals surface area contributed by atoms with Crippen molar-refractivity contribution >= 4 is 11.6 Å². The summed E-state index contributed by atoms with van der Waals surface area (Å²) in [4.78, 5) is 0. The fourth-order valence-corrected chi connectivity index (χ4v) is 2.95. The normalized spacial score (nSPS) is 21.7. The van der Waals surface area contributed by atoms with Gasteiger partial charge in [0.2, 0.25) is 0 Å². The highest BCUT2D eigenvalue weighted by atomic mass is 35.5. The predicted octanol–water partition coefficient (Wildman–Crippen LogP) is 4.09. The Hall–Kier alpha value is -0.530. The van der Waals surface area contributed by atoms with E-state index in [0.29, 0.717) is 5.92 Å². The largest absolute Gasteiger partial charge is 0.321 e. The van der Waals surface area contributed by atoms with Gasteiger partial charge in [-0.05, 0) is 43.4 Å². The van der Waals surface area contributed by atoms with E-state index in [-0.39, 0.29) is 5.54 Å². The smallest absolute Gasteiger partial charge is 0.0410 e. The lowest BCUT2D eigenvalue weighted by molar-refractivity contribution is 0.224. The monoisotopic (exact) mass is 237 g/mol. The second-order valence-electron chi connectivity index (χ2n) is 5.13. The molecule has 16 heavy (non-hydrogen) atoms. The van der Waals surface area contributed by atoms with Gasteiger partial charge in [0.15, 0.2) is 0 Å². The third-order valence-corrected chi connectivity index (χ3v) is 4.13. The Morgan fingerprint density at radius 1 is 1.25 bits per heavy atom. The number of halogens is 1. The van der Waals surface area contributed by atoms with Crippen LogP contribution in [-0.2, 0) is 5.54 Å². The standard InChI is InChI=1S/C14H20ClN/c1-14(16,11-6-3-2-4-7-11)12-8-5-9-13(15)10-12/h5,8-11H,2-4,6-7,16H2,1H3. The molecule has 1 aromatic carbocycles. The molecule has 88 valence electrons. The summed E-state index contributed by atoms with van der Waals surface area (Å²) in [5, 5.41) is 0.782. The van der Waals surface area contributed by atoms with Crippen LogP contribution in [0, 0.1) is 5.92 Å². The molecule has 1 unspecified atom stereocenters. The van der Waals surface area contributed by atoms with Crippen molar-refractivity contribution in [2.75, 3.05) is 0 Å². The molecule has 0 aromatic heterocycles. The van der Waals surface area contributed by atoms with Crippen molar-refractivity contribution in [1.29, 1.82) is 0 Å². The van der Waals surface area contributed by atoms with E-state index in [1.165, 1.54) is 37.7 Å². The lowest BCUT2D eigenvalue weighted by atomic mass is 9.73. The van der Waals surface area contributed by atoms with Crippen LogP contribution in [0.5, 0.6) is 0 Å². The number of nitrogens with two attached hydrogens (primary N) is 1. The van der Waals surface area contributed by atoms with Gasteiger partial charge in [-0.15, -0.1) is 0 Å². The summed E-state index contributed by atoms with van der Waals surface area (Å²) < 4.78 is 0. The first kappa shape index (κ1) is 11.9. The van der Waals surface area contributed by atoms with Crippen molar-refractivity contribution in [3.8, 4) is 0 Å². The van der Waals surface area contributed by atoms with Crippen molar-refractivity contribution in [2.45, 2.75) is 44.6 Å². The summed E-state index contributed by atoms with van der Waals surface area (Å²) in [5.74, 6) is 0.597. The molecule has 0 bridgehead atoms. The van der Waals surface area contributed by atoms with Crippen LogP contribution in [0.15, 0.2) is 24.3 Å². The quantitative estimate of drug-likeness (QED) is 0.824. The van der Waals surface area contributed by atoms with Crippen LogP contribution in [0.25, 0.3) is 0 Å². The van der Waals surface area contributed by atoms with Crippen molar-refractivity contribution in [2.24, 2.45) is 11.7 Å². The van der Waals surface area contributed by atoms with Gasteiger partial charge in [0.1, 0.15) is 0 Å². The zero-order chi connectivity index (χ0) is 11.6. The van der Waals surface area contributed by atoms with Gasteiger partial charge in [-0.1, -0.05) is 43.0 Å². The fraction of sp³-hybridized carbons (Fsp3) is 0.571. The Bertz CT molecular complexity index is 354. The van der Waals surface area contributed by atoms with Gasteiger partial charge in [0.25, 0.3) is 0 Å². The van der Waals surface area contributed by atoms with E-state index in [2.05, 4.69) is 13.0 Å².